The van der Waals surface area contributed by atoms with Crippen molar-refractivity contribution in [1.82, 2.24) is 24.9 Å². The number of amides is 1. The first-order valence-electron chi connectivity index (χ1n) is 14.3. The van der Waals surface area contributed by atoms with E-state index in [2.05, 4.69) is 30.4 Å². The van der Waals surface area contributed by atoms with Gasteiger partial charge in [-0.3, -0.25) is 14.7 Å². The van der Waals surface area contributed by atoms with Gasteiger partial charge in [-0.2, -0.15) is 13.2 Å². The van der Waals surface area contributed by atoms with E-state index in [9.17, 15) is 18.0 Å². The summed E-state index contributed by atoms with van der Waals surface area (Å²) in [6.07, 6.45) is 2.83. The van der Waals surface area contributed by atoms with Crippen LogP contribution >= 0.6 is 0 Å². The number of hydrogen-bond acceptors (Lipinski definition) is 7. The molecular formula is C31H32F3N7O2. The molecule has 2 aliphatic rings. The number of nitrogens with one attached hydrogen (secondary N) is 1. The number of carbonyl (C=O) groups excluding carboxylic acids is 1. The Morgan fingerprint density at radius 2 is 1.79 bits per heavy atom. The van der Waals surface area contributed by atoms with E-state index >= 15 is 0 Å². The summed E-state index contributed by atoms with van der Waals surface area (Å²) >= 11 is 0. The maximum Gasteiger partial charge on any atom is 0.416 e. The van der Waals surface area contributed by atoms with E-state index in [4.69, 9.17) is 4.74 Å². The molecule has 1 amide bonds. The second-order valence-electron chi connectivity index (χ2n) is 10.9. The minimum Gasteiger partial charge on any atom is -0.378 e. The molecule has 0 atom stereocenters. The van der Waals surface area contributed by atoms with Crippen LogP contribution in [0.1, 0.15) is 39.9 Å². The summed E-state index contributed by atoms with van der Waals surface area (Å²) in [7, 11) is 0. The Bertz CT molecular complexity index is 1610. The molecule has 0 bridgehead atoms. The van der Waals surface area contributed by atoms with Gasteiger partial charge in [-0.1, -0.05) is 11.3 Å². The zero-order valence-corrected chi connectivity index (χ0v) is 23.8. The lowest BCUT2D eigenvalue weighted by Gasteiger charge is -2.28. The average Bonchev–Trinajstić information content (AvgIpc) is 3.70. The van der Waals surface area contributed by atoms with Gasteiger partial charge in [-0.15, -0.1) is 5.10 Å². The average molecular weight is 592 g/mol. The maximum absolute atomic E-state index is 13.7. The highest BCUT2D eigenvalue weighted by atomic mass is 19.4. The van der Waals surface area contributed by atoms with Crippen molar-refractivity contribution in [2.24, 2.45) is 0 Å². The van der Waals surface area contributed by atoms with Gasteiger partial charge in [0.2, 0.25) is 0 Å². The highest BCUT2D eigenvalue weighted by Gasteiger charge is 2.31. The number of hydrogen-bond donors (Lipinski definition) is 1. The van der Waals surface area contributed by atoms with Gasteiger partial charge in [-0.25, -0.2) is 4.68 Å². The molecule has 6 rings (SSSR count). The molecule has 12 heteroatoms. The van der Waals surface area contributed by atoms with Crippen molar-refractivity contribution in [1.29, 1.82) is 0 Å². The third-order valence-corrected chi connectivity index (χ3v) is 7.79. The van der Waals surface area contributed by atoms with Crippen molar-refractivity contribution in [2.75, 3.05) is 49.6 Å². The molecule has 43 heavy (non-hydrogen) atoms. The molecule has 9 nitrogen and oxygen atoms in total. The first-order chi connectivity index (χ1) is 20.7. The Balaban J connectivity index is 1.23. The minimum atomic E-state index is -4.53. The quantitative estimate of drug-likeness (QED) is 0.310. The number of likely N-dealkylation sites (tertiary alicyclic amines) is 1. The minimum absolute atomic E-state index is 0.104. The van der Waals surface area contributed by atoms with Crippen molar-refractivity contribution < 1.29 is 22.7 Å². The fraction of sp³-hybridized carbons (Fsp3) is 0.355. The number of morpholine rings is 1. The molecule has 1 N–H and O–H groups in total. The first-order valence-corrected chi connectivity index (χ1v) is 14.3. The third-order valence-electron chi connectivity index (χ3n) is 7.79. The van der Waals surface area contributed by atoms with Crippen LogP contribution in [-0.4, -0.2) is 70.2 Å². The van der Waals surface area contributed by atoms with E-state index in [0.717, 1.165) is 68.0 Å². The SMILES string of the molecule is Cc1ccc(C(=O)Nc2cc(CN3CCCC3)cc(C(F)(F)F)c2)cc1-n1cc(-c2cncc(N3CCOCC3)c2)nn1. The Kier molecular flexibility index (Phi) is 8.13. The standard InChI is InChI=1S/C31H32F3N7O2/c1-21-4-5-23(30(42)36-26-13-22(19-39-6-2-3-7-39)12-25(16-26)31(32,33)34)15-29(21)41-20-28(37-38-41)24-14-27(18-35-17-24)40-8-10-43-11-9-40/h4-5,12-18,20H,2-3,6-11,19H2,1H3,(H,36,42). The molecule has 4 aromatic rings. The van der Waals surface area contributed by atoms with Crippen molar-refractivity contribution in [3.63, 3.8) is 0 Å². The molecule has 0 aliphatic carbocycles. The largest absolute Gasteiger partial charge is 0.416 e. The molecule has 2 fully saturated rings. The number of aromatic nitrogens is 4. The number of nitrogens with zero attached hydrogens (tertiary/aromatic N) is 6. The van der Waals surface area contributed by atoms with Crippen molar-refractivity contribution >= 4 is 17.3 Å². The molecular weight excluding hydrogens is 559 g/mol. The van der Waals surface area contributed by atoms with E-state index in [1.165, 1.54) is 0 Å². The van der Waals surface area contributed by atoms with Crippen LogP contribution in [0, 0.1) is 6.92 Å². The Labute approximate surface area is 247 Å². The molecule has 0 saturated carbocycles. The zero-order valence-electron chi connectivity index (χ0n) is 23.8. The van der Waals surface area contributed by atoms with Crippen LogP contribution in [0.15, 0.2) is 61.1 Å². The number of ether oxygens (including phenoxy) is 1. The van der Waals surface area contributed by atoms with Crippen molar-refractivity contribution in [3.05, 3.63) is 83.3 Å². The van der Waals surface area contributed by atoms with Gasteiger partial charge in [0.25, 0.3) is 5.91 Å². The van der Waals surface area contributed by atoms with Gasteiger partial charge in [0.15, 0.2) is 0 Å². The number of pyridine rings is 1. The molecule has 4 heterocycles. The highest BCUT2D eigenvalue weighted by Crippen LogP contribution is 2.33. The molecule has 2 aromatic carbocycles. The molecule has 0 spiro atoms. The summed E-state index contributed by atoms with van der Waals surface area (Å²) in [6.45, 7) is 6.89. The second kappa shape index (κ2) is 12.1. The van der Waals surface area contributed by atoms with Crippen molar-refractivity contribution in [3.8, 4) is 16.9 Å². The molecule has 2 aliphatic heterocycles. The zero-order chi connectivity index (χ0) is 30.0. The van der Waals surface area contributed by atoms with Gasteiger partial charge in [0, 0.05) is 42.6 Å². The van der Waals surface area contributed by atoms with E-state index in [0.29, 0.717) is 36.7 Å². The van der Waals surface area contributed by atoms with E-state index < -0.39 is 17.6 Å². The van der Waals surface area contributed by atoms with Gasteiger partial charge >= 0.3 is 6.18 Å². The van der Waals surface area contributed by atoms with Crippen LogP contribution in [0.25, 0.3) is 16.9 Å². The lowest BCUT2D eigenvalue weighted by molar-refractivity contribution is -0.137. The molecule has 224 valence electrons. The fourth-order valence-corrected chi connectivity index (χ4v) is 5.49. The predicted octanol–water partition coefficient (Wildman–Crippen LogP) is 5.34. The van der Waals surface area contributed by atoms with Crippen LogP contribution in [0.2, 0.25) is 0 Å². The smallest absolute Gasteiger partial charge is 0.378 e. The number of halogens is 3. The van der Waals surface area contributed by atoms with Crippen LogP contribution < -0.4 is 10.2 Å². The lowest BCUT2D eigenvalue weighted by atomic mass is 10.1. The Morgan fingerprint density at radius 1 is 1.00 bits per heavy atom. The summed E-state index contributed by atoms with van der Waals surface area (Å²) < 4.78 is 48.1. The Hall–Kier alpha value is -4.29. The van der Waals surface area contributed by atoms with Crippen molar-refractivity contribution in [2.45, 2.75) is 32.5 Å². The summed E-state index contributed by atoms with van der Waals surface area (Å²) in [5.74, 6) is -0.518. The number of rotatable bonds is 7. The third kappa shape index (κ3) is 6.70. The molecule has 2 aromatic heterocycles. The highest BCUT2D eigenvalue weighted by molar-refractivity contribution is 6.04. The molecule has 0 unspecified atom stereocenters. The van der Waals surface area contributed by atoms with Gasteiger partial charge in [-0.05, 0) is 80.4 Å². The monoisotopic (exact) mass is 591 g/mol. The number of aryl methyl sites for hydroxylation is 1. The number of alkyl halides is 3. The predicted molar refractivity (Wildman–Crippen MR) is 156 cm³/mol. The summed E-state index contributed by atoms with van der Waals surface area (Å²) in [6, 6.07) is 10.8. The molecule has 2 saturated heterocycles. The number of benzene rings is 2. The summed E-state index contributed by atoms with van der Waals surface area (Å²) in [4.78, 5) is 22.0. The van der Waals surface area contributed by atoms with E-state index in [-0.39, 0.29) is 11.3 Å². The Morgan fingerprint density at radius 3 is 2.56 bits per heavy atom. The first kappa shape index (κ1) is 28.8. The number of carbonyl (C=O) groups is 1. The van der Waals surface area contributed by atoms with Crippen LogP contribution in [-0.2, 0) is 17.5 Å². The van der Waals surface area contributed by atoms with Gasteiger partial charge in [0.1, 0.15) is 5.69 Å². The number of anilines is 2. The normalized spacial score (nSPS) is 16.0. The second-order valence-corrected chi connectivity index (χ2v) is 10.9. The topological polar surface area (TPSA) is 88.4 Å². The summed E-state index contributed by atoms with van der Waals surface area (Å²) in [5, 5.41) is 11.3. The van der Waals surface area contributed by atoms with Crippen LogP contribution in [0.4, 0.5) is 24.5 Å². The van der Waals surface area contributed by atoms with Crippen LogP contribution in [0.5, 0.6) is 0 Å². The van der Waals surface area contributed by atoms with E-state index in [1.54, 1.807) is 41.3 Å². The van der Waals surface area contributed by atoms with Crippen LogP contribution in [0.3, 0.4) is 0 Å². The fourth-order valence-electron chi connectivity index (χ4n) is 5.49. The lowest BCUT2D eigenvalue weighted by Crippen LogP contribution is -2.36. The van der Waals surface area contributed by atoms with Gasteiger partial charge in [0.05, 0.1) is 42.5 Å². The summed E-state index contributed by atoms with van der Waals surface area (Å²) in [5.41, 5.74) is 3.98. The maximum atomic E-state index is 13.7. The van der Waals surface area contributed by atoms with E-state index in [1.807, 2.05) is 19.2 Å². The molecule has 0 radical (unpaired) electrons. The van der Waals surface area contributed by atoms with Gasteiger partial charge < -0.3 is 15.0 Å².